The van der Waals surface area contributed by atoms with Gasteiger partial charge in [0.1, 0.15) is 11.9 Å². The topological polar surface area (TPSA) is 44.9 Å². The number of allylic oxidation sites excluding steroid dienone is 6. The smallest absolute Gasteiger partial charge is 0.160 e. The predicted octanol–water partition coefficient (Wildman–Crippen LogP) is 14.5. The van der Waals surface area contributed by atoms with E-state index in [-0.39, 0.29) is 12.1 Å². The van der Waals surface area contributed by atoms with Crippen LogP contribution in [0.15, 0.2) is 218 Å². The largest absolute Gasteiger partial charge is 0.486 e. The molecular weight excluding hydrogens is 769 g/mol. The molecule has 0 saturated carbocycles. The van der Waals surface area contributed by atoms with Gasteiger partial charge in [-0.3, -0.25) is 0 Å². The maximum atomic E-state index is 6.40. The quantitative estimate of drug-likeness (QED) is 0.154. The summed E-state index contributed by atoms with van der Waals surface area (Å²) in [5.41, 5.74) is 12.7. The standard InChI is InChI=1S/C58H42N4O/c1-4-18-39(19-5-1)55-56(40-20-6-2-7-21-40)59-58(60-57(55)41-32-34-46(35-33-41)63-45-22-8-3-9-23-45)42-36-43(61-51-28-14-10-24-47(51)48-25-11-15-29-52(48)61)38-44(37-42)62-53-30-16-12-26-49(53)50-27-13-17-31-54(50)62/h1-22,24-37,43,45H,23,38H2. The number of hydrogen-bond acceptors (Lipinski definition) is 3. The van der Waals surface area contributed by atoms with E-state index in [9.17, 15) is 0 Å². The highest BCUT2D eigenvalue weighted by Gasteiger charge is 2.28. The molecule has 0 radical (unpaired) electrons. The van der Waals surface area contributed by atoms with Crippen molar-refractivity contribution in [3.05, 3.63) is 224 Å². The molecule has 0 bridgehead atoms. The Morgan fingerprint density at radius 1 is 0.492 bits per heavy atom. The number of nitrogens with zero attached hydrogens (tertiary/aromatic N) is 4. The Morgan fingerprint density at radius 3 is 1.57 bits per heavy atom. The third-order valence-corrected chi connectivity index (χ3v) is 12.6. The first-order valence-electron chi connectivity index (χ1n) is 21.8. The van der Waals surface area contributed by atoms with Crippen LogP contribution in [0.4, 0.5) is 0 Å². The van der Waals surface area contributed by atoms with Crippen molar-refractivity contribution in [2.45, 2.75) is 25.0 Å². The van der Waals surface area contributed by atoms with Gasteiger partial charge in [0.15, 0.2) is 5.82 Å². The van der Waals surface area contributed by atoms with E-state index >= 15 is 0 Å². The molecule has 3 heterocycles. The van der Waals surface area contributed by atoms with E-state index < -0.39 is 0 Å². The molecule has 2 aliphatic carbocycles. The molecule has 2 unspecified atom stereocenters. The molecule has 0 amide bonds. The van der Waals surface area contributed by atoms with Crippen molar-refractivity contribution < 1.29 is 4.74 Å². The Kier molecular flexibility index (Phi) is 9.03. The molecule has 2 atom stereocenters. The molecule has 7 aromatic carbocycles. The summed E-state index contributed by atoms with van der Waals surface area (Å²) in [6.45, 7) is 0. The summed E-state index contributed by atoms with van der Waals surface area (Å²) in [5, 5.41) is 4.96. The molecule has 0 saturated heterocycles. The highest BCUT2D eigenvalue weighted by atomic mass is 16.5. The van der Waals surface area contributed by atoms with Crippen LogP contribution in [0.3, 0.4) is 0 Å². The normalized spacial score (nSPS) is 16.2. The molecule has 3 aromatic heterocycles. The van der Waals surface area contributed by atoms with Gasteiger partial charge in [0.25, 0.3) is 0 Å². The molecule has 10 aromatic rings. The molecule has 5 heteroatoms. The first-order chi connectivity index (χ1) is 31.2. The molecule has 2 aliphatic rings. The van der Waals surface area contributed by atoms with Gasteiger partial charge >= 0.3 is 0 Å². The van der Waals surface area contributed by atoms with Crippen molar-refractivity contribution in [3.63, 3.8) is 0 Å². The number of ether oxygens (including phenoxy) is 1. The third kappa shape index (κ3) is 6.48. The first-order valence-corrected chi connectivity index (χ1v) is 21.8. The third-order valence-electron chi connectivity index (χ3n) is 12.6. The van der Waals surface area contributed by atoms with Crippen LogP contribution in [-0.4, -0.2) is 25.2 Å². The minimum Gasteiger partial charge on any atom is -0.486 e. The van der Waals surface area contributed by atoms with Crippen molar-refractivity contribution in [1.29, 1.82) is 0 Å². The van der Waals surface area contributed by atoms with Crippen LogP contribution in [0.5, 0.6) is 5.75 Å². The zero-order valence-corrected chi connectivity index (χ0v) is 34.6. The van der Waals surface area contributed by atoms with Crippen LogP contribution in [0.2, 0.25) is 0 Å². The summed E-state index contributed by atoms with van der Waals surface area (Å²) < 4.78 is 11.4. The molecule has 0 fully saturated rings. The number of aromatic nitrogens is 4. The molecule has 300 valence electrons. The van der Waals surface area contributed by atoms with Crippen molar-refractivity contribution in [1.82, 2.24) is 19.1 Å². The number of para-hydroxylation sites is 4. The first kappa shape index (κ1) is 36.8. The van der Waals surface area contributed by atoms with Gasteiger partial charge < -0.3 is 13.9 Å². The van der Waals surface area contributed by atoms with E-state index in [1.54, 1.807) is 0 Å². The molecule has 0 N–H and O–H groups in total. The van der Waals surface area contributed by atoms with Crippen LogP contribution in [0, 0.1) is 0 Å². The Bertz CT molecular complexity index is 3370. The SMILES string of the molecule is C1=CCC(Oc2ccc(-c3nc(C4=CC(n5c6ccccc6c6ccccc65)CC(n5c6ccccc6c6ccccc65)=C4)nc(-c4ccccc4)c3-c3ccccc3)cc2)C=C1. The fraction of sp³-hybridized carbons (Fsp3) is 0.0690. The fourth-order valence-electron chi connectivity index (χ4n) is 9.76. The summed E-state index contributed by atoms with van der Waals surface area (Å²) in [6, 6.07) is 64.6. The lowest BCUT2D eigenvalue weighted by Crippen LogP contribution is -2.15. The average molecular weight is 811 g/mol. The monoisotopic (exact) mass is 810 g/mol. The zero-order valence-electron chi connectivity index (χ0n) is 34.6. The highest BCUT2D eigenvalue weighted by Crippen LogP contribution is 2.44. The number of rotatable bonds is 8. The molecule has 0 aliphatic heterocycles. The number of fused-ring (bicyclic) bond motifs is 6. The predicted molar refractivity (Wildman–Crippen MR) is 260 cm³/mol. The summed E-state index contributed by atoms with van der Waals surface area (Å²) in [4.78, 5) is 11.3. The second kappa shape index (κ2) is 15.5. The van der Waals surface area contributed by atoms with Gasteiger partial charge in [0.2, 0.25) is 0 Å². The lowest BCUT2D eigenvalue weighted by molar-refractivity contribution is 0.251. The van der Waals surface area contributed by atoms with E-state index in [0.717, 1.165) is 57.8 Å². The maximum absolute atomic E-state index is 6.40. The Balaban J connectivity index is 1.12. The molecule has 63 heavy (non-hydrogen) atoms. The van der Waals surface area contributed by atoms with Crippen molar-refractivity contribution in [2.75, 3.05) is 0 Å². The maximum Gasteiger partial charge on any atom is 0.160 e. The minimum absolute atomic E-state index is 0.00677. The molecular formula is C58H42N4O. The van der Waals surface area contributed by atoms with Crippen LogP contribution in [0.1, 0.15) is 24.7 Å². The summed E-state index contributed by atoms with van der Waals surface area (Å²) in [6.07, 6.45) is 14.7. The second-order valence-electron chi connectivity index (χ2n) is 16.4. The van der Waals surface area contributed by atoms with Gasteiger partial charge in [-0.05, 0) is 66.2 Å². The lowest BCUT2D eigenvalue weighted by atomic mass is 9.93. The number of benzene rings is 7. The van der Waals surface area contributed by atoms with Crippen LogP contribution in [0.25, 0.3) is 88.5 Å². The molecule has 5 nitrogen and oxygen atoms in total. The van der Waals surface area contributed by atoms with Gasteiger partial charge in [0, 0.05) is 73.4 Å². The van der Waals surface area contributed by atoms with E-state index in [1.807, 2.05) is 0 Å². The minimum atomic E-state index is -0.0501. The van der Waals surface area contributed by atoms with Gasteiger partial charge in [-0.2, -0.15) is 0 Å². The van der Waals surface area contributed by atoms with Gasteiger partial charge in [-0.15, -0.1) is 0 Å². The number of hydrogen-bond donors (Lipinski definition) is 0. The highest BCUT2D eigenvalue weighted by molar-refractivity contribution is 6.11. The Labute approximate surface area is 365 Å². The van der Waals surface area contributed by atoms with E-state index in [0.29, 0.717) is 5.82 Å². The van der Waals surface area contributed by atoms with Crippen LogP contribution >= 0.6 is 0 Å². The Morgan fingerprint density at radius 2 is 1.00 bits per heavy atom. The van der Waals surface area contributed by atoms with E-state index in [2.05, 4.69) is 228 Å². The van der Waals surface area contributed by atoms with Crippen molar-refractivity contribution in [2.24, 2.45) is 0 Å². The fourth-order valence-corrected chi connectivity index (χ4v) is 9.76. The summed E-state index contributed by atoms with van der Waals surface area (Å²) in [5.74, 6) is 1.50. The Hall–Kier alpha value is -8.02. The molecule has 0 spiro atoms. The van der Waals surface area contributed by atoms with Crippen LogP contribution in [-0.2, 0) is 0 Å². The van der Waals surface area contributed by atoms with Crippen molar-refractivity contribution >= 4 is 54.9 Å². The van der Waals surface area contributed by atoms with Crippen molar-refractivity contribution in [3.8, 4) is 39.4 Å². The van der Waals surface area contributed by atoms with Gasteiger partial charge in [-0.1, -0.05) is 158 Å². The second-order valence-corrected chi connectivity index (χ2v) is 16.4. The van der Waals surface area contributed by atoms with Gasteiger partial charge in [0.05, 0.1) is 28.5 Å². The van der Waals surface area contributed by atoms with E-state index in [1.165, 1.54) is 49.3 Å². The zero-order chi connectivity index (χ0) is 41.7. The molecule has 12 rings (SSSR count). The van der Waals surface area contributed by atoms with Gasteiger partial charge in [-0.25, -0.2) is 9.97 Å². The lowest BCUT2D eigenvalue weighted by Gasteiger charge is -2.27. The van der Waals surface area contributed by atoms with Crippen LogP contribution < -0.4 is 4.74 Å². The summed E-state index contributed by atoms with van der Waals surface area (Å²) in [7, 11) is 0. The average Bonchev–Trinajstić information content (AvgIpc) is 3.88. The van der Waals surface area contributed by atoms with E-state index in [4.69, 9.17) is 14.7 Å². The summed E-state index contributed by atoms with van der Waals surface area (Å²) >= 11 is 0.